The molecule has 0 radical (unpaired) electrons. The first-order valence-corrected chi connectivity index (χ1v) is 8.72. The SMILES string of the molecule is C[C@@H](C[C@@H](O)O[Si](C)(C)C(C)(C)C)NC(=O)O. The number of hydrogen-bond donors (Lipinski definition) is 3. The van der Waals surface area contributed by atoms with Crippen LogP contribution in [-0.2, 0) is 4.43 Å². The van der Waals surface area contributed by atoms with E-state index in [-0.39, 0.29) is 17.5 Å². The number of carboxylic acid groups (broad SMARTS) is 1. The van der Waals surface area contributed by atoms with Crippen molar-refractivity contribution >= 4 is 14.4 Å². The van der Waals surface area contributed by atoms with E-state index in [1.165, 1.54) is 0 Å². The minimum atomic E-state index is -2.00. The van der Waals surface area contributed by atoms with Crippen LogP contribution >= 0.6 is 0 Å². The molecule has 2 atom stereocenters. The molecule has 0 bridgehead atoms. The van der Waals surface area contributed by atoms with E-state index in [0.29, 0.717) is 0 Å². The Balaban J connectivity index is 4.27. The molecule has 0 rings (SSSR count). The molecular formula is C11H25NO4Si. The van der Waals surface area contributed by atoms with Crippen LogP contribution in [0.5, 0.6) is 0 Å². The van der Waals surface area contributed by atoms with Crippen molar-refractivity contribution in [1.82, 2.24) is 5.32 Å². The number of rotatable bonds is 5. The summed E-state index contributed by atoms with van der Waals surface area (Å²) in [6.45, 7) is 12.1. The Bertz CT molecular complexity index is 263. The third-order valence-electron chi connectivity index (χ3n) is 3.16. The third kappa shape index (κ3) is 6.04. The minimum absolute atomic E-state index is 0.0252. The average molecular weight is 263 g/mol. The molecule has 0 aliphatic carbocycles. The molecule has 6 heteroatoms. The van der Waals surface area contributed by atoms with Crippen LogP contribution in [0.15, 0.2) is 0 Å². The first-order chi connectivity index (χ1) is 7.45. The van der Waals surface area contributed by atoms with Crippen molar-refractivity contribution in [3.05, 3.63) is 0 Å². The number of nitrogens with one attached hydrogen (secondary N) is 1. The van der Waals surface area contributed by atoms with Gasteiger partial charge in [-0.1, -0.05) is 20.8 Å². The van der Waals surface area contributed by atoms with E-state index in [0.717, 1.165) is 0 Å². The molecule has 0 aliphatic heterocycles. The van der Waals surface area contributed by atoms with Gasteiger partial charge in [0, 0.05) is 12.5 Å². The van der Waals surface area contributed by atoms with Crippen LogP contribution in [0.2, 0.25) is 18.1 Å². The van der Waals surface area contributed by atoms with Crippen LogP contribution < -0.4 is 5.32 Å². The van der Waals surface area contributed by atoms with Gasteiger partial charge in [0.05, 0.1) is 0 Å². The van der Waals surface area contributed by atoms with Gasteiger partial charge < -0.3 is 20.0 Å². The van der Waals surface area contributed by atoms with Gasteiger partial charge in [-0.15, -0.1) is 0 Å². The average Bonchev–Trinajstić information content (AvgIpc) is 1.96. The highest BCUT2D eigenvalue weighted by Gasteiger charge is 2.39. The molecule has 3 N–H and O–H groups in total. The van der Waals surface area contributed by atoms with Crippen molar-refractivity contribution < 1.29 is 19.4 Å². The minimum Gasteiger partial charge on any atom is -0.465 e. The Kier molecular flexibility index (Phi) is 5.63. The fraction of sp³-hybridized carbons (Fsp3) is 0.909. The second-order valence-electron chi connectivity index (χ2n) is 5.92. The van der Waals surface area contributed by atoms with Gasteiger partial charge in [-0.25, -0.2) is 4.79 Å². The number of aliphatic hydroxyl groups is 1. The van der Waals surface area contributed by atoms with E-state index in [1.54, 1.807) is 6.92 Å². The van der Waals surface area contributed by atoms with Gasteiger partial charge in [0.25, 0.3) is 0 Å². The molecule has 0 aromatic carbocycles. The molecule has 0 saturated carbocycles. The third-order valence-corrected chi connectivity index (χ3v) is 7.64. The molecule has 0 saturated heterocycles. The molecule has 0 aromatic rings. The molecule has 5 nitrogen and oxygen atoms in total. The predicted molar refractivity (Wildman–Crippen MR) is 69.5 cm³/mol. The highest BCUT2D eigenvalue weighted by atomic mass is 28.4. The lowest BCUT2D eigenvalue weighted by Gasteiger charge is -2.38. The van der Waals surface area contributed by atoms with E-state index in [4.69, 9.17) is 9.53 Å². The topological polar surface area (TPSA) is 78.8 Å². The van der Waals surface area contributed by atoms with Crippen LogP contribution in [0.4, 0.5) is 4.79 Å². The summed E-state index contributed by atoms with van der Waals surface area (Å²) in [5, 5.41) is 20.7. The number of amides is 1. The number of aliphatic hydroxyl groups excluding tert-OH is 1. The lowest BCUT2D eigenvalue weighted by molar-refractivity contribution is -0.0385. The molecule has 0 aromatic heterocycles. The lowest BCUT2D eigenvalue weighted by Crippen LogP contribution is -2.45. The fourth-order valence-electron chi connectivity index (χ4n) is 1.14. The van der Waals surface area contributed by atoms with Crippen molar-refractivity contribution in [1.29, 1.82) is 0 Å². The second-order valence-corrected chi connectivity index (χ2v) is 10.7. The molecule has 0 spiro atoms. The van der Waals surface area contributed by atoms with Crippen molar-refractivity contribution in [3.63, 3.8) is 0 Å². The smallest absolute Gasteiger partial charge is 0.404 e. The highest BCUT2D eigenvalue weighted by molar-refractivity contribution is 6.74. The molecule has 0 fully saturated rings. The van der Waals surface area contributed by atoms with E-state index in [1.807, 2.05) is 13.1 Å². The standard InChI is InChI=1S/C11H25NO4Si/c1-8(12-10(14)15)7-9(13)16-17(5,6)11(2,3)4/h8-9,12-13H,7H2,1-6H3,(H,14,15)/t8-,9-/m0/s1. The molecule has 17 heavy (non-hydrogen) atoms. The van der Waals surface area contributed by atoms with Crippen molar-refractivity contribution in [3.8, 4) is 0 Å². The molecule has 102 valence electrons. The van der Waals surface area contributed by atoms with E-state index < -0.39 is 20.7 Å². The fourth-order valence-corrected chi connectivity index (χ4v) is 2.27. The summed E-state index contributed by atoms with van der Waals surface area (Å²) in [4.78, 5) is 10.4. The Morgan fingerprint density at radius 1 is 1.41 bits per heavy atom. The maximum Gasteiger partial charge on any atom is 0.404 e. The van der Waals surface area contributed by atoms with E-state index in [9.17, 15) is 9.90 Å². The van der Waals surface area contributed by atoms with Crippen LogP contribution in [0.3, 0.4) is 0 Å². The van der Waals surface area contributed by atoms with Crippen molar-refractivity contribution in [2.75, 3.05) is 0 Å². The van der Waals surface area contributed by atoms with Crippen LogP contribution in [-0.4, -0.2) is 37.0 Å². The Labute approximate surface area is 104 Å². The summed E-state index contributed by atoms with van der Waals surface area (Å²) >= 11 is 0. The van der Waals surface area contributed by atoms with Gasteiger partial charge in [-0.3, -0.25) is 0 Å². The second kappa shape index (κ2) is 5.84. The van der Waals surface area contributed by atoms with Crippen LogP contribution in [0, 0.1) is 0 Å². The Morgan fingerprint density at radius 3 is 2.24 bits per heavy atom. The van der Waals surface area contributed by atoms with Crippen LogP contribution in [0.25, 0.3) is 0 Å². The monoisotopic (exact) mass is 263 g/mol. The number of hydrogen-bond acceptors (Lipinski definition) is 3. The van der Waals surface area contributed by atoms with Gasteiger partial charge in [0.1, 0.15) is 6.29 Å². The molecule has 0 aliphatic rings. The Hall–Kier alpha value is -0.593. The van der Waals surface area contributed by atoms with E-state index >= 15 is 0 Å². The quantitative estimate of drug-likeness (QED) is 0.525. The molecular weight excluding hydrogens is 238 g/mol. The summed E-state index contributed by atoms with van der Waals surface area (Å²) in [7, 11) is -2.00. The normalized spacial score (nSPS) is 16.4. The van der Waals surface area contributed by atoms with Crippen LogP contribution in [0.1, 0.15) is 34.1 Å². The lowest BCUT2D eigenvalue weighted by atomic mass is 10.2. The zero-order valence-electron chi connectivity index (χ0n) is 11.6. The Morgan fingerprint density at radius 2 is 1.88 bits per heavy atom. The van der Waals surface area contributed by atoms with Gasteiger partial charge >= 0.3 is 6.09 Å². The zero-order chi connectivity index (χ0) is 13.9. The van der Waals surface area contributed by atoms with Gasteiger partial charge in [-0.2, -0.15) is 0 Å². The highest BCUT2D eigenvalue weighted by Crippen LogP contribution is 2.37. The summed E-state index contributed by atoms with van der Waals surface area (Å²) in [5.41, 5.74) is 0. The van der Waals surface area contributed by atoms with Gasteiger partial charge in [0.2, 0.25) is 0 Å². The van der Waals surface area contributed by atoms with Crippen molar-refractivity contribution in [2.24, 2.45) is 0 Å². The first-order valence-electron chi connectivity index (χ1n) is 5.81. The zero-order valence-corrected chi connectivity index (χ0v) is 12.6. The summed E-state index contributed by atoms with van der Waals surface area (Å²) in [6, 6.07) is -0.327. The predicted octanol–water partition coefficient (Wildman–Crippen LogP) is 2.37. The maximum absolute atomic E-state index is 10.4. The summed E-state index contributed by atoms with van der Waals surface area (Å²) in [6.07, 6.45) is -1.74. The summed E-state index contributed by atoms with van der Waals surface area (Å²) in [5.74, 6) is 0. The number of carbonyl (C=O) groups is 1. The van der Waals surface area contributed by atoms with Crippen molar-refractivity contribution in [2.45, 2.75) is 64.6 Å². The molecule has 1 amide bonds. The van der Waals surface area contributed by atoms with Gasteiger partial charge in [0.15, 0.2) is 8.32 Å². The summed E-state index contributed by atoms with van der Waals surface area (Å²) < 4.78 is 5.72. The first kappa shape index (κ1) is 16.4. The van der Waals surface area contributed by atoms with E-state index in [2.05, 4.69) is 26.1 Å². The largest absolute Gasteiger partial charge is 0.465 e. The molecule has 0 unspecified atom stereocenters. The maximum atomic E-state index is 10.4. The molecule has 0 heterocycles. The van der Waals surface area contributed by atoms with Gasteiger partial charge in [-0.05, 0) is 25.1 Å².